The van der Waals surface area contributed by atoms with E-state index in [-0.39, 0.29) is 0 Å². The summed E-state index contributed by atoms with van der Waals surface area (Å²) >= 11 is 0. The van der Waals surface area contributed by atoms with Crippen LogP contribution < -0.4 is 0 Å². The number of rotatable bonds is 4. The highest BCUT2D eigenvalue weighted by Crippen LogP contribution is 2.27. The van der Waals surface area contributed by atoms with E-state index < -0.39 is 11.9 Å². The zero-order chi connectivity index (χ0) is 14.0. The quantitative estimate of drug-likeness (QED) is 0.929. The summed E-state index contributed by atoms with van der Waals surface area (Å²) in [7, 11) is 1.77. The minimum absolute atomic E-state index is 0.308. The topological polar surface area (TPSA) is 58.0 Å². The molecule has 0 saturated heterocycles. The van der Waals surface area contributed by atoms with E-state index in [9.17, 15) is 13.2 Å². The van der Waals surface area contributed by atoms with Crippen molar-refractivity contribution < 1.29 is 17.7 Å². The Morgan fingerprint density at radius 1 is 1.32 bits per heavy atom. The molecule has 19 heavy (non-hydrogen) atoms. The molecule has 104 valence electrons. The zero-order valence-electron chi connectivity index (χ0n) is 10.5. The van der Waals surface area contributed by atoms with Gasteiger partial charge in [-0.3, -0.25) is 10.00 Å². The van der Waals surface area contributed by atoms with E-state index in [4.69, 9.17) is 4.52 Å². The molecule has 8 heteroatoms. The van der Waals surface area contributed by atoms with E-state index >= 15 is 0 Å². The average molecular weight is 274 g/mol. The van der Waals surface area contributed by atoms with Crippen molar-refractivity contribution in [2.45, 2.75) is 26.2 Å². The van der Waals surface area contributed by atoms with Crippen LogP contribution in [0.3, 0.4) is 0 Å². The van der Waals surface area contributed by atoms with Gasteiger partial charge in [0.1, 0.15) is 0 Å². The monoisotopic (exact) mass is 274 g/mol. The Bertz CT molecular complexity index is 546. The van der Waals surface area contributed by atoms with Crippen molar-refractivity contribution in [2.24, 2.45) is 0 Å². The Balaban J connectivity index is 1.95. The Hall–Kier alpha value is -1.83. The fourth-order valence-corrected chi connectivity index (χ4v) is 1.69. The van der Waals surface area contributed by atoms with E-state index in [1.807, 2.05) is 0 Å². The van der Waals surface area contributed by atoms with Crippen molar-refractivity contribution in [1.82, 2.24) is 20.3 Å². The van der Waals surface area contributed by atoms with Crippen molar-refractivity contribution in [2.75, 3.05) is 7.05 Å². The first-order valence-electron chi connectivity index (χ1n) is 5.57. The van der Waals surface area contributed by atoms with Gasteiger partial charge in [0.05, 0.1) is 12.2 Å². The molecule has 0 amide bonds. The minimum atomic E-state index is -4.42. The lowest BCUT2D eigenvalue weighted by Gasteiger charge is -2.12. The number of halogens is 3. The minimum Gasteiger partial charge on any atom is -0.360 e. The molecule has 0 aliphatic heterocycles. The zero-order valence-corrected chi connectivity index (χ0v) is 10.5. The summed E-state index contributed by atoms with van der Waals surface area (Å²) in [6.07, 6.45) is -4.42. The van der Waals surface area contributed by atoms with Crippen LogP contribution in [-0.2, 0) is 19.3 Å². The van der Waals surface area contributed by atoms with Crippen molar-refractivity contribution >= 4 is 0 Å². The van der Waals surface area contributed by atoms with Crippen molar-refractivity contribution in [3.63, 3.8) is 0 Å². The third-order valence-electron chi connectivity index (χ3n) is 2.46. The molecular weight excluding hydrogens is 261 g/mol. The molecule has 2 aromatic rings. The van der Waals surface area contributed by atoms with E-state index in [0.717, 1.165) is 11.8 Å². The molecule has 0 aromatic carbocycles. The lowest BCUT2D eigenvalue weighted by molar-refractivity contribution is -0.141. The first kappa shape index (κ1) is 13.6. The summed E-state index contributed by atoms with van der Waals surface area (Å²) in [6.45, 7) is 2.57. The van der Waals surface area contributed by atoms with E-state index in [1.54, 1.807) is 24.9 Å². The second kappa shape index (κ2) is 5.04. The fraction of sp³-hybridized carbons (Fsp3) is 0.455. The summed E-state index contributed by atoms with van der Waals surface area (Å²) < 4.78 is 42.1. The maximum atomic E-state index is 12.4. The molecule has 2 aromatic heterocycles. The Labute approximate surface area is 107 Å². The van der Waals surface area contributed by atoms with Crippen LogP contribution in [0.15, 0.2) is 16.7 Å². The summed E-state index contributed by atoms with van der Waals surface area (Å²) in [4.78, 5) is 1.80. The van der Waals surface area contributed by atoms with E-state index in [2.05, 4.69) is 15.4 Å². The molecule has 0 atom stereocenters. The van der Waals surface area contributed by atoms with Gasteiger partial charge in [-0.15, -0.1) is 0 Å². The largest absolute Gasteiger partial charge is 0.435 e. The molecule has 0 fully saturated rings. The third kappa shape index (κ3) is 3.57. The number of aromatic amines is 1. The van der Waals surface area contributed by atoms with Crippen molar-refractivity contribution in [1.29, 1.82) is 0 Å². The maximum Gasteiger partial charge on any atom is 0.435 e. The normalized spacial score (nSPS) is 12.3. The molecule has 5 nitrogen and oxygen atoms in total. The number of hydrogen-bond donors (Lipinski definition) is 1. The van der Waals surface area contributed by atoms with Crippen molar-refractivity contribution in [3.8, 4) is 0 Å². The van der Waals surface area contributed by atoms with Gasteiger partial charge in [-0.05, 0) is 20.0 Å². The number of alkyl halides is 3. The van der Waals surface area contributed by atoms with Gasteiger partial charge in [-0.2, -0.15) is 18.3 Å². The Morgan fingerprint density at radius 3 is 2.58 bits per heavy atom. The van der Waals surface area contributed by atoms with Gasteiger partial charge >= 0.3 is 6.18 Å². The first-order valence-corrected chi connectivity index (χ1v) is 5.57. The predicted octanol–water partition coefficient (Wildman–Crippen LogP) is 2.36. The number of aromatic nitrogens is 3. The van der Waals surface area contributed by atoms with Gasteiger partial charge in [0.25, 0.3) is 0 Å². The fourth-order valence-electron chi connectivity index (χ4n) is 1.69. The predicted molar refractivity (Wildman–Crippen MR) is 60.0 cm³/mol. The summed E-state index contributed by atoms with van der Waals surface area (Å²) in [5.74, 6) is 0.663. The van der Waals surface area contributed by atoms with Crippen LogP contribution in [0.2, 0.25) is 0 Å². The third-order valence-corrected chi connectivity index (χ3v) is 2.46. The van der Waals surface area contributed by atoms with Gasteiger partial charge < -0.3 is 4.52 Å². The van der Waals surface area contributed by atoms with Crippen LogP contribution in [-0.4, -0.2) is 27.3 Å². The first-order chi connectivity index (χ1) is 8.84. The summed E-state index contributed by atoms with van der Waals surface area (Å²) in [6, 6.07) is 2.78. The number of nitrogens with one attached hydrogen (secondary N) is 1. The van der Waals surface area contributed by atoms with Gasteiger partial charge in [0, 0.05) is 18.3 Å². The molecule has 0 aliphatic carbocycles. The summed E-state index contributed by atoms with van der Waals surface area (Å²) in [5.41, 5.74) is 0.252. The highest BCUT2D eigenvalue weighted by atomic mass is 19.4. The molecule has 0 unspecified atom stereocenters. The van der Waals surface area contributed by atoms with Crippen LogP contribution in [0.4, 0.5) is 13.2 Å². The van der Waals surface area contributed by atoms with Gasteiger partial charge in [0.2, 0.25) is 0 Å². The van der Waals surface area contributed by atoms with Crippen LogP contribution in [0, 0.1) is 6.92 Å². The molecule has 0 spiro atoms. The van der Waals surface area contributed by atoms with Gasteiger partial charge in [0.15, 0.2) is 11.5 Å². The van der Waals surface area contributed by atoms with Crippen LogP contribution in [0.5, 0.6) is 0 Å². The SMILES string of the molecule is Cc1cc(CN(C)Cc2cc(C(F)(F)F)n[nH]2)on1. The molecule has 2 heterocycles. The van der Waals surface area contributed by atoms with Gasteiger partial charge in [-0.25, -0.2) is 0 Å². The average Bonchev–Trinajstić information content (AvgIpc) is 2.87. The molecule has 2 rings (SSSR count). The van der Waals surface area contributed by atoms with E-state index in [1.165, 1.54) is 0 Å². The number of aryl methyl sites for hydroxylation is 1. The second-order valence-corrected chi connectivity index (χ2v) is 4.38. The summed E-state index contributed by atoms with van der Waals surface area (Å²) in [5, 5.41) is 9.36. The number of hydrogen-bond acceptors (Lipinski definition) is 4. The smallest absolute Gasteiger partial charge is 0.360 e. The highest BCUT2D eigenvalue weighted by Gasteiger charge is 2.33. The van der Waals surface area contributed by atoms with Gasteiger partial charge in [-0.1, -0.05) is 5.16 Å². The number of nitrogens with zero attached hydrogens (tertiary/aromatic N) is 3. The molecule has 0 saturated carbocycles. The van der Waals surface area contributed by atoms with Crippen molar-refractivity contribution in [3.05, 3.63) is 35.0 Å². The Morgan fingerprint density at radius 2 is 2.05 bits per heavy atom. The van der Waals surface area contributed by atoms with Crippen LogP contribution in [0.25, 0.3) is 0 Å². The molecule has 0 aliphatic rings. The Kier molecular flexibility index (Phi) is 3.61. The molecule has 1 N–H and O–H groups in total. The number of H-pyrrole nitrogens is 1. The molecule has 0 bridgehead atoms. The second-order valence-electron chi connectivity index (χ2n) is 4.38. The van der Waals surface area contributed by atoms with Crippen LogP contribution >= 0.6 is 0 Å². The van der Waals surface area contributed by atoms with E-state index in [0.29, 0.717) is 24.5 Å². The highest BCUT2D eigenvalue weighted by molar-refractivity contribution is 5.11. The lowest BCUT2D eigenvalue weighted by atomic mass is 10.3. The standard InChI is InChI=1S/C11H13F3N4O/c1-7-3-9(19-17-7)6-18(2)5-8-4-10(16-15-8)11(12,13)14/h3-4H,5-6H2,1-2H3,(H,15,16). The molecule has 0 radical (unpaired) electrons. The molecular formula is C11H13F3N4O. The van der Waals surface area contributed by atoms with Crippen LogP contribution in [0.1, 0.15) is 22.8 Å². The maximum absolute atomic E-state index is 12.4. The lowest BCUT2D eigenvalue weighted by Crippen LogP contribution is -2.17.